The Labute approximate surface area is 223 Å². The van der Waals surface area contributed by atoms with Gasteiger partial charge in [0.05, 0.1) is 0 Å². The van der Waals surface area contributed by atoms with E-state index in [9.17, 15) is 4.79 Å². The smallest absolute Gasteiger partial charge is 0.407 e. The molecule has 9 atom stereocenters. The van der Waals surface area contributed by atoms with Gasteiger partial charge in [-0.1, -0.05) is 53.9 Å². The topological polar surface area (TPSA) is 41.6 Å². The maximum Gasteiger partial charge on any atom is 0.407 e. The fraction of sp³-hybridized carbons (Fsp3) is 0.969. The van der Waals surface area contributed by atoms with E-state index in [-0.39, 0.29) is 12.2 Å². The van der Waals surface area contributed by atoms with Crippen LogP contribution in [0.4, 0.5) is 4.79 Å². The summed E-state index contributed by atoms with van der Waals surface area (Å²) in [5.41, 5.74) is 1.03. The van der Waals surface area contributed by atoms with E-state index >= 15 is 0 Å². The van der Waals surface area contributed by atoms with Crippen molar-refractivity contribution in [2.45, 2.75) is 118 Å². The second-order valence-electron chi connectivity index (χ2n) is 14.7. The van der Waals surface area contributed by atoms with Crippen LogP contribution >= 0.6 is 0 Å². The van der Waals surface area contributed by atoms with Crippen LogP contribution in [0.3, 0.4) is 0 Å². The molecule has 0 saturated heterocycles. The third-order valence-corrected chi connectivity index (χ3v) is 11.9. The number of amides is 1. The Bertz CT molecular complexity index is 738. The molecule has 4 saturated carbocycles. The summed E-state index contributed by atoms with van der Waals surface area (Å²) in [6, 6.07) is 0. The predicted molar refractivity (Wildman–Crippen MR) is 150 cm³/mol. The summed E-state index contributed by atoms with van der Waals surface area (Å²) in [5.74, 6) is 6.17. The summed E-state index contributed by atoms with van der Waals surface area (Å²) in [7, 11) is 4.05. The highest BCUT2D eigenvalue weighted by Crippen LogP contribution is 2.68. The van der Waals surface area contributed by atoms with Gasteiger partial charge in [0.2, 0.25) is 0 Å². The Hall–Kier alpha value is -0.770. The van der Waals surface area contributed by atoms with Crippen LogP contribution < -0.4 is 5.32 Å². The fourth-order valence-electron chi connectivity index (χ4n) is 9.92. The number of hydrogen-bond acceptors (Lipinski definition) is 3. The summed E-state index contributed by atoms with van der Waals surface area (Å²) in [6.45, 7) is 14.2. The maximum absolute atomic E-state index is 12.4. The van der Waals surface area contributed by atoms with Crippen LogP contribution in [-0.2, 0) is 4.74 Å². The van der Waals surface area contributed by atoms with Crippen molar-refractivity contribution in [1.82, 2.24) is 10.2 Å². The van der Waals surface area contributed by atoms with E-state index in [4.69, 9.17) is 4.74 Å². The summed E-state index contributed by atoms with van der Waals surface area (Å²) >= 11 is 0. The molecule has 0 aliphatic heterocycles. The van der Waals surface area contributed by atoms with Gasteiger partial charge in [0.15, 0.2) is 0 Å². The predicted octanol–water partition coefficient (Wildman–Crippen LogP) is 7.76. The Balaban J connectivity index is 1.34. The van der Waals surface area contributed by atoms with Crippen LogP contribution in [0.5, 0.6) is 0 Å². The molecule has 4 nitrogen and oxygen atoms in total. The normalized spacial score (nSPS) is 40.9. The van der Waals surface area contributed by atoms with Crippen molar-refractivity contribution in [2.24, 2.45) is 52.3 Å². The molecule has 4 rings (SSSR count). The zero-order valence-electron chi connectivity index (χ0n) is 24.8. The number of nitrogens with one attached hydrogen (secondary N) is 1. The minimum absolute atomic E-state index is 0.107. The third kappa shape index (κ3) is 5.79. The van der Waals surface area contributed by atoms with Gasteiger partial charge in [0.1, 0.15) is 6.10 Å². The summed E-state index contributed by atoms with van der Waals surface area (Å²) in [4.78, 5) is 14.4. The Morgan fingerprint density at radius 1 is 0.944 bits per heavy atom. The molecule has 0 spiro atoms. The van der Waals surface area contributed by atoms with Crippen molar-refractivity contribution in [1.29, 1.82) is 0 Å². The highest BCUT2D eigenvalue weighted by Gasteiger charge is 2.60. The third-order valence-electron chi connectivity index (χ3n) is 11.9. The van der Waals surface area contributed by atoms with Crippen molar-refractivity contribution in [2.75, 3.05) is 27.2 Å². The molecule has 4 heteroatoms. The molecule has 4 aliphatic rings. The quantitative estimate of drug-likeness (QED) is 0.350. The minimum Gasteiger partial charge on any atom is -0.446 e. The second-order valence-corrected chi connectivity index (χ2v) is 14.7. The minimum atomic E-state index is -0.216. The standard InChI is InChI=1S/C32H58N2O2/c1-22(2)9-8-10-23(3)27-13-14-28-26-12-11-24-21-25(36-30(35)33-19-20-34(6)7)15-17-31(24,4)29(26)16-18-32(27,28)5/h22-29H,8-21H2,1-7H3,(H,33,35)/t23-,24?,25?,26+,27-,28+,29+,31+,32-/m1/s1. The number of carbonyl (C=O) groups excluding carboxylic acids is 1. The van der Waals surface area contributed by atoms with Gasteiger partial charge in [0, 0.05) is 13.1 Å². The van der Waals surface area contributed by atoms with Gasteiger partial charge in [-0.25, -0.2) is 4.79 Å². The molecule has 0 aromatic rings. The van der Waals surface area contributed by atoms with Crippen molar-refractivity contribution >= 4 is 6.09 Å². The monoisotopic (exact) mass is 502 g/mol. The highest BCUT2D eigenvalue weighted by molar-refractivity contribution is 5.67. The van der Waals surface area contributed by atoms with E-state index in [1.54, 1.807) is 0 Å². The Kier molecular flexibility index (Phi) is 9.05. The van der Waals surface area contributed by atoms with Gasteiger partial charge in [-0.15, -0.1) is 0 Å². The van der Waals surface area contributed by atoms with Crippen LogP contribution in [0.25, 0.3) is 0 Å². The average Bonchev–Trinajstić information content (AvgIpc) is 3.16. The molecule has 0 aromatic carbocycles. The molecule has 0 heterocycles. The number of likely N-dealkylation sites (N-methyl/N-ethyl adjacent to an activating group) is 1. The fourth-order valence-corrected chi connectivity index (χ4v) is 9.92. The van der Waals surface area contributed by atoms with Crippen LogP contribution in [0.1, 0.15) is 112 Å². The number of nitrogens with zero attached hydrogens (tertiary/aromatic N) is 1. The van der Waals surface area contributed by atoms with E-state index in [2.05, 4.69) is 44.8 Å². The lowest BCUT2D eigenvalue weighted by molar-refractivity contribution is -0.129. The zero-order chi connectivity index (χ0) is 26.1. The number of ether oxygens (including phenoxy) is 1. The molecule has 4 fully saturated rings. The van der Waals surface area contributed by atoms with Gasteiger partial charge in [-0.05, 0) is 124 Å². The van der Waals surface area contributed by atoms with Crippen LogP contribution in [0, 0.1) is 52.3 Å². The molecular formula is C32H58N2O2. The molecule has 1 amide bonds. The van der Waals surface area contributed by atoms with Gasteiger partial charge in [-0.2, -0.15) is 0 Å². The van der Waals surface area contributed by atoms with Crippen molar-refractivity contribution in [3.05, 3.63) is 0 Å². The number of alkyl carbamates (subject to hydrolysis) is 1. The zero-order valence-corrected chi connectivity index (χ0v) is 24.8. The van der Waals surface area contributed by atoms with Crippen molar-refractivity contribution in [3.8, 4) is 0 Å². The summed E-state index contributed by atoms with van der Waals surface area (Å²) in [6.07, 6.45) is 16.1. The SMILES string of the molecule is CC(C)CCC[C@@H](C)[C@H]1CC[C@H]2[C@@H]3CCC4CC(OC(=O)NCCN(C)C)CC[C@]4(C)[C@H]3CC[C@]12C. The number of rotatable bonds is 9. The number of carbonyl (C=O) groups is 1. The number of hydrogen-bond donors (Lipinski definition) is 1. The molecule has 36 heavy (non-hydrogen) atoms. The van der Waals surface area contributed by atoms with Gasteiger partial charge >= 0.3 is 6.09 Å². The Morgan fingerprint density at radius 3 is 2.39 bits per heavy atom. The van der Waals surface area contributed by atoms with E-state index < -0.39 is 0 Å². The maximum atomic E-state index is 12.4. The first-order valence-corrected chi connectivity index (χ1v) is 15.6. The van der Waals surface area contributed by atoms with Crippen LogP contribution in [0.15, 0.2) is 0 Å². The van der Waals surface area contributed by atoms with Gasteiger partial charge in [-0.3, -0.25) is 0 Å². The Morgan fingerprint density at radius 2 is 1.67 bits per heavy atom. The van der Waals surface area contributed by atoms with E-state index in [1.165, 1.54) is 64.2 Å². The van der Waals surface area contributed by atoms with Crippen molar-refractivity contribution < 1.29 is 9.53 Å². The molecule has 208 valence electrons. The molecule has 0 bridgehead atoms. The average molecular weight is 503 g/mol. The highest BCUT2D eigenvalue weighted by atomic mass is 16.6. The van der Waals surface area contributed by atoms with Crippen LogP contribution in [0.2, 0.25) is 0 Å². The molecular weight excluding hydrogens is 444 g/mol. The van der Waals surface area contributed by atoms with Crippen molar-refractivity contribution in [3.63, 3.8) is 0 Å². The molecule has 1 N–H and O–H groups in total. The first kappa shape index (κ1) is 28.2. The van der Waals surface area contributed by atoms with E-state index in [0.717, 1.165) is 60.8 Å². The largest absolute Gasteiger partial charge is 0.446 e. The first-order chi connectivity index (χ1) is 17.0. The summed E-state index contributed by atoms with van der Waals surface area (Å²) < 4.78 is 5.91. The lowest BCUT2D eigenvalue weighted by Crippen LogP contribution is -2.54. The molecule has 0 radical (unpaired) electrons. The summed E-state index contributed by atoms with van der Waals surface area (Å²) in [5, 5.41) is 2.95. The lowest BCUT2D eigenvalue weighted by Gasteiger charge is -2.61. The molecule has 2 unspecified atom stereocenters. The molecule has 0 aromatic heterocycles. The lowest BCUT2D eigenvalue weighted by atomic mass is 9.44. The van der Waals surface area contributed by atoms with Gasteiger partial charge in [0.25, 0.3) is 0 Å². The number of fused-ring (bicyclic) bond motifs is 5. The second kappa shape index (κ2) is 11.5. The van der Waals surface area contributed by atoms with E-state index in [0.29, 0.717) is 17.4 Å². The first-order valence-electron chi connectivity index (χ1n) is 15.6. The molecule has 4 aliphatic carbocycles. The van der Waals surface area contributed by atoms with Gasteiger partial charge < -0.3 is 15.0 Å². The van der Waals surface area contributed by atoms with Crippen LogP contribution in [-0.4, -0.2) is 44.3 Å². The van der Waals surface area contributed by atoms with E-state index in [1.807, 2.05) is 14.1 Å².